The number of sulfone groups is 1. The number of carbonyl (C=O) groups excluding carboxylic acids is 1. The summed E-state index contributed by atoms with van der Waals surface area (Å²) >= 11 is 0. The smallest absolute Gasteiger partial charge is 0.242 e. The summed E-state index contributed by atoms with van der Waals surface area (Å²) < 4.78 is 36.6. The van der Waals surface area contributed by atoms with Gasteiger partial charge in [-0.25, -0.2) is 8.42 Å². The van der Waals surface area contributed by atoms with E-state index in [0.717, 1.165) is 12.0 Å². The Kier molecular flexibility index (Phi) is 5.72. The van der Waals surface area contributed by atoms with Crippen LogP contribution < -0.4 is 5.32 Å². The largest absolute Gasteiger partial charge is 0.381 e. The first kappa shape index (κ1) is 20.1. The maximum Gasteiger partial charge on any atom is 0.242 e. The van der Waals surface area contributed by atoms with E-state index in [1.165, 1.54) is 5.56 Å². The Hall–Kier alpha value is -2.22. The molecule has 1 N–H and O–H groups in total. The highest BCUT2D eigenvalue weighted by Crippen LogP contribution is 2.35. The highest BCUT2D eigenvalue weighted by molar-refractivity contribution is 7.93. The molecule has 0 radical (unpaired) electrons. The van der Waals surface area contributed by atoms with Crippen molar-refractivity contribution >= 4 is 15.7 Å². The first-order chi connectivity index (χ1) is 14.0. The van der Waals surface area contributed by atoms with Crippen molar-refractivity contribution in [1.29, 1.82) is 0 Å². The van der Waals surface area contributed by atoms with Crippen LogP contribution in [-0.4, -0.2) is 45.4 Å². The Morgan fingerprint density at radius 3 is 2.45 bits per heavy atom. The Balaban J connectivity index is 1.58. The van der Waals surface area contributed by atoms with Crippen molar-refractivity contribution in [3.63, 3.8) is 0 Å². The maximum atomic E-state index is 13.5. The van der Waals surface area contributed by atoms with Gasteiger partial charge in [-0.05, 0) is 42.5 Å². The average molecular weight is 416 g/mol. The number of nitrogens with one attached hydrogen (secondary N) is 1. The second-order valence-electron chi connectivity index (χ2n) is 7.44. The van der Waals surface area contributed by atoms with E-state index >= 15 is 0 Å². The van der Waals surface area contributed by atoms with Gasteiger partial charge in [-0.2, -0.15) is 0 Å². The molecule has 2 aliphatic heterocycles. The fourth-order valence-corrected chi connectivity index (χ4v) is 6.12. The van der Waals surface area contributed by atoms with E-state index in [0.29, 0.717) is 6.61 Å². The van der Waals surface area contributed by atoms with Crippen LogP contribution in [0.4, 0.5) is 0 Å². The summed E-state index contributed by atoms with van der Waals surface area (Å²) in [5.74, 6) is -0.476. The third-order valence-electron chi connectivity index (χ3n) is 5.82. The number of amides is 1. The molecule has 1 saturated heterocycles. The fourth-order valence-electron chi connectivity index (χ4n) is 4.14. The van der Waals surface area contributed by atoms with Gasteiger partial charge in [0.05, 0.1) is 11.5 Å². The molecule has 0 aliphatic carbocycles. The molecule has 2 aromatic rings. The monoisotopic (exact) mass is 415 g/mol. The minimum Gasteiger partial charge on any atom is -0.381 e. The van der Waals surface area contributed by atoms with Crippen molar-refractivity contribution in [3.8, 4) is 0 Å². The fraction of sp³-hybridized carbons (Fsp3) is 0.409. The highest BCUT2D eigenvalue weighted by atomic mass is 32.2. The summed E-state index contributed by atoms with van der Waals surface area (Å²) in [6.07, 6.45) is 0.834. The minimum absolute atomic E-state index is 0.137. The lowest BCUT2D eigenvalue weighted by molar-refractivity contribution is -0.126. The molecule has 6 nitrogen and oxygen atoms in total. The zero-order valence-corrected chi connectivity index (χ0v) is 17.0. The predicted octanol–water partition coefficient (Wildman–Crippen LogP) is 2.44. The Labute approximate surface area is 171 Å². The maximum absolute atomic E-state index is 13.5. The van der Waals surface area contributed by atoms with Crippen molar-refractivity contribution in [3.05, 3.63) is 65.7 Å². The molecule has 4 rings (SSSR count). The molecule has 1 unspecified atom stereocenters. The number of hydrogen-bond acceptors (Lipinski definition) is 5. The van der Waals surface area contributed by atoms with Crippen LogP contribution in [0.15, 0.2) is 59.5 Å². The Morgan fingerprint density at radius 2 is 1.69 bits per heavy atom. The van der Waals surface area contributed by atoms with E-state index in [1.54, 1.807) is 30.3 Å². The van der Waals surface area contributed by atoms with Gasteiger partial charge in [-0.1, -0.05) is 42.5 Å². The Morgan fingerprint density at radius 1 is 1.00 bits per heavy atom. The van der Waals surface area contributed by atoms with Gasteiger partial charge in [-0.3, -0.25) is 4.79 Å². The van der Waals surface area contributed by atoms with Crippen LogP contribution in [0.3, 0.4) is 0 Å². The molecular formula is C22H25NO5S. The van der Waals surface area contributed by atoms with Crippen LogP contribution in [0.5, 0.6) is 0 Å². The number of benzene rings is 2. The van der Waals surface area contributed by atoms with Gasteiger partial charge < -0.3 is 14.8 Å². The lowest BCUT2D eigenvalue weighted by Crippen LogP contribution is -2.56. The zero-order chi connectivity index (χ0) is 20.3. The molecule has 1 amide bonds. The lowest BCUT2D eigenvalue weighted by Gasteiger charge is -2.36. The minimum atomic E-state index is -3.87. The molecule has 29 heavy (non-hydrogen) atoms. The number of fused-ring (bicyclic) bond motifs is 1. The standard InChI is InChI=1S/C22H25NO5S/c24-21(23-16-20-19-9-5-4-6-17(19)10-13-28-20)22(11-14-27-15-12-22)29(25,26)18-7-2-1-3-8-18/h1-9,20H,10-16H2,(H,23,24). The summed E-state index contributed by atoms with van der Waals surface area (Å²) in [5, 5.41) is 2.88. The normalized spacial score (nSPS) is 21.2. The van der Waals surface area contributed by atoms with Gasteiger partial charge in [0.25, 0.3) is 0 Å². The lowest BCUT2D eigenvalue weighted by atomic mass is 9.96. The number of rotatable bonds is 5. The van der Waals surface area contributed by atoms with E-state index in [9.17, 15) is 13.2 Å². The van der Waals surface area contributed by atoms with Crippen molar-refractivity contribution < 1.29 is 22.7 Å². The molecule has 0 spiro atoms. The van der Waals surface area contributed by atoms with Crippen LogP contribution in [0, 0.1) is 0 Å². The predicted molar refractivity (Wildman–Crippen MR) is 108 cm³/mol. The van der Waals surface area contributed by atoms with E-state index in [2.05, 4.69) is 11.4 Å². The van der Waals surface area contributed by atoms with E-state index in [4.69, 9.17) is 9.47 Å². The van der Waals surface area contributed by atoms with Gasteiger partial charge in [0.2, 0.25) is 5.91 Å². The SMILES string of the molecule is O=C(NCC1OCCc2ccccc21)C1(S(=O)(=O)c2ccccc2)CCOCC1. The van der Waals surface area contributed by atoms with Gasteiger partial charge in [0.1, 0.15) is 6.10 Å². The molecule has 0 aromatic heterocycles. The number of ether oxygens (including phenoxy) is 2. The van der Waals surface area contributed by atoms with Crippen LogP contribution >= 0.6 is 0 Å². The summed E-state index contributed by atoms with van der Waals surface area (Å²) in [7, 11) is -3.87. The molecular weight excluding hydrogens is 390 g/mol. The molecule has 2 heterocycles. The van der Waals surface area contributed by atoms with Crippen molar-refractivity contribution in [2.45, 2.75) is 35.0 Å². The topological polar surface area (TPSA) is 81.7 Å². The van der Waals surface area contributed by atoms with Gasteiger partial charge in [-0.15, -0.1) is 0 Å². The van der Waals surface area contributed by atoms with Crippen LogP contribution in [0.2, 0.25) is 0 Å². The summed E-state index contributed by atoms with van der Waals surface area (Å²) in [6, 6.07) is 16.2. The average Bonchev–Trinajstić information content (AvgIpc) is 2.78. The second kappa shape index (κ2) is 8.26. The third kappa shape index (κ3) is 3.70. The quantitative estimate of drug-likeness (QED) is 0.811. The first-order valence-corrected chi connectivity index (χ1v) is 11.4. The molecule has 0 bridgehead atoms. The second-order valence-corrected chi connectivity index (χ2v) is 9.70. The summed E-state index contributed by atoms with van der Waals surface area (Å²) in [5.41, 5.74) is 2.25. The molecule has 2 aliphatic rings. The van der Waals surface area contributed by atoms with Crippen LogP contribution in [0.1, 0.15) is 30.1 Å². The molecule has 1 atom stereocenters. The molecule has 154 valence electrons. The van der Waals surface area contributed by atoms with Crippen LogP contribution in [-0.2, 0) is 30.5 Å². The number of hydrogen-bond donors (Lipinski definition) is 1. The van der Waals surface area contributed by atoms with Crippen molar-refractivity contribution in [1.82, 2.24) is 5.32 Å². The van der Waals surface area contributed by atoms with Gasteiger partial charge >= 0.3 is 0 Å². The van der Waals surface area contributed by atoms with E-state index < -0.39 is 20.5 Å². The third-order valence-corrected chi connectivity index (χ3v) is 8.34. The highest BCUT2D eigenvalue weighted by Gasteiger charge is 2.52. The zero-order valence-electron chi connectivity index (χ0n) is 16.2. The number of carbonyl (C=O) groups is 1. The van der Waals surface area contributed by atoms with Crippen LogP contribution in [0.25, 0.3) is 0 Å². The molecule has 1 fully saturated rings. The Bertz CT molecular complexity index is 968. The molecule has 0 saturated carbocycles. The summed E-state index contributed by atoms with van der Waals surface area (Å²) in [6.45, 7) is 1.30. The van der Waals surface area contributed by atoms with Crippen molar-refractivity contribution in [2.75, 3.05) is 26.4 Å². The molecule has 2 aromatic carbocycles. The molecule has 7 heteroatoms. The van der Waals surface area contributed by atoms with Gasteiger partial charge in [0, 0.05) is 19.8 Å². The van der Waals surface area contributed by atoms with Crippen molar-refractivity contribution in [2.24, 2.45) is 0 Å². The van der Waals surface area contributed by atoms with Gasteiger partial charge in [0.15, 0.2) is 14.6 Å². The van der Waals surface area contributed by atoms with E-state index in [1.807, 2.05) is 18.2 Å². The van der Waals surface area contributed by atoms with E-state index in [-0.39, 0.29) is 43.6 Å². The summed E-state index contributed by atoms with van der Waals surface area (Å²) in [4.78, 5) is 13.5. The first-order valence-electron chi connectivity index (χ1n) is 9.90.